The number of alkyl halides is 1. The molecule has 9 heavy (non-hydrogen) atoms. The first-order valence-electron chi connectivity index (χ1n) is 2.93. The van der Waals surface area contributed by atoms with Crippen molar-refractivity contribution in [2.24, 2.45) is 0 Å². The second-order valence-corrected chi connectivity index (χ2v) is 2.36. The Hall–Kier alpha value is -0.790. The third kappa shape index (κ3) is 1.12. The van der Waals surface area contributed by atoms with Gasteiger partial charge < -0.3 is 5.32 Å². The highest BCUT2D eigenvalue weighted by atomic mass is 19.1. The number of rotatable bonds is 0. The van der Waals surface area contributed by atoms with Gasteiger partial charge in [-0.2, -0.15) is 0 Å². The zero-order chi connectivity index (χ0) is 6.91. The summed E-state index contributed by atoms with van der Waals surface area (Å²) in [7, 11) is 0. The number of hydrogen-bond donors (Lipinski definition) is 1. The molecule has 1 unspecified atom stereocenters. The van der Waals surface area contributed by atoms with Gasteiger partial charge >= 0.3 is 0 Å². The molecule has 1 aliphatic rings. The first kappa shape index (κ1) is 6.33. The first-order valence-corrected chi connectivity index (χ1v) is 2.93. The predicted octanol–water partition coefficient (Wildman–Crippen LogP) is 1.74. The predicted molar refractivity (Wildman–Crippen MR) is 35.5 cm³/mol. The molecule has 1 N–H and O–H groups in total. The van der Waals surface area contributed by atoms with E-state index in [4.69, 9.17) is 0 Å². The van der Waals surface area contributed by atoms with Gasteiger partial charge in [0.05, 0.1) is 0 Å². The van der Waals surface area contributed by atoms with Gasteiger partial charge in [0.25, 0.3) is 0 Å². The van der Waals surface area contributed by atoms with Gasteiger partial charge in [0.15, 0.2) is 5.79 Å². The minimum atomic E-state index is -1.34. The maximum Gasteiger partial charge on any atom is 0.199 e. The van der Waals surface area contributed by atoms with Crippen LogP contribution >= 0.6 is 0 Å². The lowest BCUT2D eigenvalue weighted by Gasteiger charge is -2.23. The number of hydrogen-bond acceptors (Lipinski definition) is 1. The fourth-order valence-electron chi connectivity index (χ4n) is 0.667. The van der Waals surface area contributed by atoms with Crippen LogP contribution in [0.5, 0.6) is 0 Å². The lowest BCUT2D eigenvalue weighted by Crippen LogP contribution is -2.36. The fraction of sp³-hybridized carbons (Fsp3) is 0.429. The van der Waals surface area contributed by atoms with Crippen LogP contribution in [0.3, 0.4) is 0 Å². The SMILES string of the molecule is CC1=CC=CNC1(C)F. The first-order chi connectivity index (χ1) is 4.13. The summed E-state index contributed by atoms with van der Waals surface area (Å²) >= 11 is 0. The van der Waals surface area contributed by atoms with E-state index in [0.717, 1.165) is 0 Å². The van der Waals surface area contributed by atoms with Crippen LogP contribution in [0, 0.1) is 0 Å². The summed E-state index contributed by atoms with van der Waals surface area (Å²) in [6, 6.07) is 0. The van der Waals surface area contributed by atoms with E-state index in [1.54, 1.807) is 25.3 Å². The van der Waals surface area contributed by atoms with E-state index in [2.05, 4.69) is 5.32 Å². The molecular weight excluding hydrogens is 117 g/mol. The molecule has 0 fully saturated rings. The molecule has 0 spiro atoms. The zero-order valence-electron chi connectivity index (χ0n) is 5.61. The summed E-state index contributed by atoms with van der Waals surface area (Å²) < 4.78 is 13.0. The van der Waals surface area contributed by atoms with Gasteiger partial charge in [-0.15, -0.1) is 0 Å². The van der Waals surface area contributed by atoms with Crippen molar-refractivity contribution in [2.45, 2.75) is 19.6 Å². The fourth-order valence-corrected chi connectivity index (χ4v) is 0.667. The highest BCUT2D eigenvalue weighted by molar-refractivity contribution is 5.23. The molecule has 50 valence electrons. The van der Waals surface area contributed by atoms with E-state index in [0.29, 0.717) is 5.57 Å². The second kappa shape index (κ2) is 1.87. The minimum absolute atomic E-state index is 0.713. The normalized spacial score (nSPS) is 33.4. The quantitative estimate of drug-likeness (QED) is 0.489. The maximum absolute atomic E-state index is 13.0. The minimum Gasteiger partial charge on any atom is -0.357 e. The molecule has 0 saturated carbocycles. The van der Waals surface area contributed by atoms with Gasteiger partial charge in [-0.25, -0.2) is 4.39 Å². The van der Waals surface area contributed by atoms with Crippen molar-refractivity contribution >= 4 is 0 Å². The average Bonchev–Trinajstić information content (AvgIpc) is 1.77. The van der Waals surface area contributed by atoms with Crippen LogP contribution in [0.2, 0.25) is 0 Å². The van der Waals surface area contributed by atoms with E-state index in [1.165, 1.54) is 6.92 Å². The molecular formula is C7H10FN. The monoisotopic (exact) mass is 127 g/mol. The van der Waals surface area contributed by atoms with Crippen LogP contribution in [0.4, 0.5) is 4.39 Å². The molecule has 1 nitrogen and oxygen atoms in total. The summed E-state index contributed by atoms with van der Waals surface area (Å²) in [6.45, 7) is 3.26. The molecule has 0 amide bonds. The van der Waals surface area contributed by atoms with Crippen LogP contribution < -0.4 is 5.32 Å². The average molecular weight is 127 g/mol. The van der Waals surface area contributed by atoms with E-state index in [-0.39, 0.29) is 0 Å². The van der Waals surface area contributed by atoms with Crippen molar-refractivity contribution in [3.8, 4) is 0 Å². The van der Waals surface area contributed by atoms with Crippen molar-refractivity contribution in [3.05, 3.63) is 23.9 Å². The molecule has 0 aromatic rings. The number of nitrogens with one attached hydrogen (secondary N) is 1. The van der Waals surface area contributed by atoms with Crippen LogP contribution in [0.25, 0.3) is 0 Å². The summed E-state index contributed by atoms with van der Waals surface area (Å²) in [6.07, 6.45) is 5.15. The van der Waals surface area contributed by atoms with Crippen molar-refractivity contribution < 1.29 is 4.39 Å². The Morgan fingerprint density at radius 1 is 1.67 bits per heavy atom. The maximum atomic E-state index is 13.0. The Kier molecular flexibility index (Phi) is 1.31. The Morgan fingerprint density at radius 2 is 2.33 bits per heavy atom. The van der Waals surface area contributed by atoms with Crippen molar-refractivity contribution in [1.29, 1.82) is 0 Å². The summed E-state index contributed by atoms with van der Waals surface area (Å²) in [4.78, 5) is 0. The molecule has 1 heterocycles. The Labute approximate surface area is 54.3 Å². The Bertz CT molecular complexity index is 168. The number of allylic oxidation sites excluding steroid dienone is 2. The lowest BCUT2D eigenvalue weighted by atomic mass is 10.1. The topological polar surface area (TPSA) is 12.0 Å². The van der Waals surface area contributed by atoms with Crippen LogP contribution in [-0.2, 0) is 0 Å². The van der Waals surface area contributed by atoms with Crippen molar-refractivity contribution in [1.82, 2.24) is 5.32 Å². The van der Waals surface area contributed by atoms with Crippen LogP contribution in [0.15, 0.2) is 23.9 Å². The molecule has 2 heteroatoms. The largest absolute Gasteiger partial charge is 0.357 e. The summed E-state index contributed by atoms with van der Waals surface area (Å²) in [5.41, 5.74) is 0.713. The van der Waals surface area contributed by atoms with Gasteiger partial charge in [0.1, 0.15) is 0 Å². The Morgan fingerprint density at radius 3 is 2.67 bits per heavy atom. The van der Waals surface area contributed by atoms with Crippen LogP contribution in [-0.4, -0.2) is 5.79 Å². The van der Waals surface area contributed by atoms with Gasteiger partial charge in [0.2, 0.25) is 0 Å². The summed E-state index contributed by atoms with van der Waals surface area (Å²) in [5.74, 6) is -1.34. The van der Waals surface area contributed by atoms with Crippen molar-refractivity contribution in [2.75, 3.05) is 0 Å². The molecule has 0 bridgehead atoms. The van der Waals surface area contributed by atoms with Crippen LogP contribution in [0.1, 0.15) is 13.8 Å². The molecule has 0 aromatic carbocycles. The molecule has 1 atom stereocenters. The molecule has 0 aromatic heterocycles. The second-order valence-electron chi connectivity index (χ2n) is 2.36. The highest BCUT2D eigenvalue weighted by Crippen LogP contribution is 2.19. The third-order valence-electron chi connectivity index (χ3n) is 1.54. The number of dihydropyridines is 1. The molecule has 1 aliphatic heterocycles. The van der Waals surface area contributed by atoms with Crippen molar-refractivity contribution in [3.63, 3.8) is 0 Å². The van der Waals surface area contributed by atoms with Gasteiger partial charge in [-0.3, -0.25) is 0 Å². The van der Waals surface area contributed by atoms with E-state index in [9.17, 15) is 4.39 Å². The standard InChI is InChI=1S/C7H10FN/c1-6-4-3-5-9-7(6,2)8/h3-5,9H,1-2H3. The van der Waals surface area contributed by atoms with E-state index < -0.39 is 5.79 Å². The molecule has 0 aliphatic carbocycles. The highest BCUT2D eigenvalue weighted by Gasteiger charge is 2.23. The van der Waals surface area contributed by atoms with E-state index in [1.807, 2.05) is 0 Å². The molecule has 0 saturated heterocycles. The molecule has 1 rings (SSSR count). The van der Waals surface area contributed by atoms with Gasteiger partial charge in [0, 0.05) is 0 Å². The molecule has 0 radical (unpaired) electrons. The summed E-state index contributed by atoms with van der Waals surface area (Å²) in [5, 5.41) is 2.59. The zero-order valence-corrected chi connectivity index (χ0v) is 5.61. The Balaban J connectivity index is 2.83. The smallest absolute Gasteiger partial charge is 0.199 e. The van der Waals surface area contributed by atoms with Gasteiger partial charge in [-0.1, -0.05) is 6.08 Å². The van der Waals surface area contributed by atoms with Gasteiger partial charge in [-0.05, 0) is 31.7 Å². The lowest BCUT2D eigenvalue weighted by molar-refractivity contribution is 0.206. The number of halogens is 1. The van der Waals surface area contributed by atoms with E-state index >= 15 is 0 Å². The third-order valence-corrected chi connectivity index (χ3v) is 1.54.